The molecule has 1 rings (SSSR count). The lowest BCUT2D eigenvalue weighted by molar-refractivity contribution is -0.137. The lowest BCUT2D eigenvalue weighted by Gasteiger charge is -2.09. The molecule has 0 radical (unpaired) electrons. The van der Waals surface area contributed by atoms with Crippen LogP contribution in [0.15, 0.2) is 18.2 Å². The van der Waals surface area contributed by atoms with E-state index in [1.54, 1.807) is 0 Å². The normalized spacial score (nSPS) is 9.89. The SMILES string of the molecule is CCOc1ccc(CCNC(=O)C(N)=O)cc1C. The number of primary amides is 1. The summed E-state index contributed by atoms with van der Waals surface area (Å²) in [6.07, 6.45) is 0.645. The Morgan fingerprint density at radius 3 is 2.67 bits per heavy atom. The summed E-state index contributed by atoms with van der Waals surface area (Å²) >= 11 is 0. The zero-order valence-electron chi connectivity index (χ0n) is 10.7. The fourth-order valence-electron chi connectivity index (χ4n) is 1.59. The maximum atomic E-state index is 10.9. The lowest BCUT2D eigenvalue weighted by Crippen LogP contribution is -2.37. The Morgan fingerprint density at radius 1 is 1.39 bits per heavy atom. The third-order valence-corrected chi connectivity index (χ3v) is 2.46. The first-order chi connectivity index (χ1) is 8.54. The van der Waals surface area contributed by atoms with E-state index >= 15 is 0 Å². The van der Waals surface area contributed by atoms with E-state index in [-0.39, 0.29) is 0 Å². The van der Waals surface area contributed by atoms with Gasteiger partial charge in [0.2, 0.25) is 0 Å². The van der Waals surface area contributed by atoms with Crippen LogP contribution in [0.2, 0.25) is 0 Å². The minimum absolute atomic E-state index is 0.384. The predicted molar refractivity (Wildman–Crippen MR) is 68.3 cm³/mol. The van der Waals surface area contributed by atoms with Crippen LogP contribution in [0, 0.1) is 6.92 Å². The molecule has 0 aliphatic rings. The number of rotatable bonds is 5. The standard InChI is InChI=1S/C13H18N2O3/c1-3-18-11-5-4-10(8-9(11)2)6-7-15-13(17)12(14)16/h4-5,8H,3,6-7H2,1-2H3,(H2,14,16)(H,15,17). The van der Waals surface area contributed by atoms with Crippen LogP contribution in [0.5, 0.6) is 5.75 Å². The van der Waals surface area contributed by atoms with E-state index in [9.17, 15) is 9.59 Å². The third-order valence-electron chi connectivity index (χ3n) is 2.46. The highest BCUT2D eigenvalue weighted by Gasteiger charge is 2.07. The van der Waals surface area contributed by atoms with Crippen molar-refractivity contribution in [1.82, 2.24) is 5.32 Å². The van der Waals surface area contributed by atoms with Gasteiger partial charge in [-0.05, 0) is 37.5 Å². The highest BCUT2D eigenvalue weighted by atomic mass is 16.5. The predicted octanol–water partition coefficient (Wildman–Crippen LogP) is 0.538. The zero-order chi connectivity index (χ0) is 13.5. The second-order valence-electron chi connectivity index (χ2n) is 3.90. The van der Waals surface area contributed by atoms with Crippen molar-refractivity contribution in [2.45, 2.75) is 20.3 Å². The number of ether oxygens (including phenoxy) is 1. The smallest absolute Gasteiger partial charge is 0.309 e. The summed E-state index contributed by atoms with van der Waals surface area (Å²) < 4.78 is 5.43. The molecule has 1 aromatic rings. The summed E-state index contributed by atoms with van der Waals surface area (Å²) in [6, 6.07) is 5.85. The molecule has 0 unspecified atom stereocenters. The summed E-state index contributed by atoms with van der Waals surface area (Å²) in [5, 5.41) is 2.45. The van der Waals surface area contributed by atoms with Gasteiger partial charge in [-0.3, -0.25) is 9.59 Å². The van der Waals surface area contributed by atoms with Crippen LogP contribution < -0.4 is 15.8 Å². The molecule has 0 aromatic heterocycles. The summed E-state index contributed by atoms with van der Waals surface area (Å²) in [5.41, 5.74) is 6.95. The Bertz CT molecular complexity index is 444. The van der Waals surface area contributed by atoms with Crippen LogP contribution in [0.1, 0.15) is 18.1 Å². The molecule has 98 valence electrons. The first-order valence-electron chi connectivity index (χ1n) is 5.84. The Balaban J connectivity index is 2.51. The third kappa shape index (κ3) is 4.08. The Morgan fingerprint density at radius 2 is 2.11 bits per heavy atom. The largest absolute Gasteiger partial charge is 0.494 e. The van der Waals surface area contributed by atoms with Crippen LogP contribution in [0.4, 0.5) is 0 Å². The number of hydrogen-bond donors (Lipinski definition) is 2. The number of nitrogens with two attached hydrogens (primary N) is 1. The molecule has 0 saturated heterocycles. The van der Waals surface area contributed by atoms with Crippen LogP contribution in [-0.2, 0) is 16.0 Å². The number of carbonyl (C=O) groups excluding carboxylic acids is 2. The van der Waals surface area contributed by atoms with Gasteiger partial charge >= 0.3 is 11.8 Å². The second-order valence-corrected chi connectivity index (χ2v) is 3.90. The van der Waals surface area contributed by atoms with E-state index in [0.29, 0.717) is 19.6 Å². The van der Waals surface area contributed by atoms with Crippen molar-refractivity contribution in [3.8, 4) is 5.75 Å². The van der Waals surface area contributed by atoms with Gasteiger partial charge in [-0.25, -0.2) is 0 Å². The van der Waals surface area contributed by atoms with Gasteiger partial charge in [-0.1, -0.05) is 12.1 Å². The lowest BCUT2D eigenvalue weighted by atomic mass is 10.1. The Labute approximate surface area is 106 Å². The van der Waals surface area contributed by atoms with Crippen molar-refractivity contribution in [3.63, 3.8) is 0 Å². The minimum atomic E-state index is -0.960. The van der Waals surface area contributed by atoms with Crippen LogP contribution >= 0.6 is 0 Å². The number of carbonyl (C=O) groups is 2. The van der Waals surface area contributed by atoms with Gasteiger partial charge in [-0.2, -0.15) is 0 Å². The van der Waals surface area contributed by atoms with E-state index < -0.39 is 11.8 Å². The summed E-state index contributed by atoms with van der Waals surface area (Å²) in [4.78, 5) is 21.4. The van der Waals surface area contributed by atoms with Gasteiger partial charge in [0.05, 0.1) is 6.61 Å². The number of amides is 2. The summed E-state index contributed by atoms with van der Waals surface area (Å²) in [6.45, 7) is 4.92. The average Bonchev–Trinajstić information content (AvgIpc) is 2.32. The van der Waals surface area contributed by atoms with E-state index in [4.69, 9.17) is 10.5 Å². The van der Waals surface area contributed by atoms with Crippen molar-refractivity contribution < 1.29 is 14.3 Å². The molecule has 0 fully saturated rings. The minimum Gasteiger partial charge on any atom is -0.494 e. The van der Waals surface area contributed by atoms with Gasteiger partial charge in [0.15, 0.2) is 0 Å². The molecular formula is C13H18N2O3. The molecule has 0 atom stereocenters. The zero-order valence-corrected chi connectivity index (χ0v) is 10.7. The number of hydrogen-bond acceptors (Lipinski definition) is 3. The fraction of sp³-hybridized carbons (Fsp3) is 0.385. The topological polar surface area (TPSA) is 81.4 Å². The maximum absolute atomic E-state index is 10.9. The van der Waals surface area contributed by atoms with Crippen molar-refractivity contribution in [2.24, 2.45) is 5.73 Å². The van der Waals surface area contributed by atoms with E-state index in [0.717, 1.165) is 16.9 Å². The van der Waals surface area contributed by atoms with Crippen LogP contribution in [0.25, 0.3) is 0 Å². The highest BCUT2D eigenvalue weighted by molar-refractivity contribution is 6.34. The molecule has 0 bridgehead atoms. The quantitative estimate of drug-likeness (QED) is 0.748. The second kappa shape index (κ2) is 6.64. The van der Waals surface area contributed by atoms with Crippen molar-refractivity contribution >= 4 is 11.8 Å². The van der Waals surface area contributed by atoms with E-state index in [1.807, 2.05) is 32.0 Å². The van der Waals surface area contributed by atoms with Gasteiger partial charge in [0, 0.05) is 6.54 Å². The monoisotopic (exact) mass is 250 g/mol. The Kier molecular flexibility index (Phi) is 5.17. The van der Waals surface area contributed by atoms with Crippen LogP contribution in [-0.4, -0.2) is 25.0 Å². The number of nitrogens with one attached hydrogen (secondary N) is 1. The highest BCUT2D eigenvalue weighted by Crippen LogP contribution is 2.19. The fourth-order valence-corrected chi connectivity index (χ4v) is 1.59. The van der Waals surface area contributed by atoms with E-state index in [1.165, 1.54) is 0 Å². The van der Waals surface area contributed by atoms with Crippen molar-refractivity contribution in [2.75, 3.05) is 13.2 Å². The molecule has 0 spiro atoms. The summed E-state index contributed by atoms with van der Waals surface area (Å²) in [7, 11) is 0. The first-order valence-corrected chi connectivity index (χ1v) is 5.84. The van der Waals surface area contributed by atoms with E-state index in [2.05, 4.69) is 5.32 Å². The molecule has 5 heteroatoms. The van der Waals surface area contributed by atoms with Crippen molar-refractivity contribution in [3.05, 3.63) is 29.3 Å². The molecule has 0 heterocycles. The molecule has 5 nitrogen and oxygen atoms in total. The number of benzene rings is 1. The summed E-state index contributed by atoms with van der Waals surface area (Å²) in [5.74, 6) is -0.849. The van der Waals surface area contributed by atoms with Gasteiger partial charge in [0.25, 0.3) is 0 Å². The van der Waals surface area contributed by atoms with Gasteiger partial charge in [-0.15, -0.1) is 0 Å². The van der Waals surface area contributed by atoms with Crippen molar-refractivity contribution in [1.29, 1.82) is 0 Å². The number of aryl methyl sites for hydroxylation is 1. The maximum Gasteiger partial charge on any atom is 0.309 e. The first kappa shape index (κ1) is 14.0. The molecule has 1 aromatic carbocycles. The molecule has 0 aliphatic carbocycles. The molecular weight excluding hydrogens is 232 g/mol. The molecule has 0 saturated carbocycles. The molecule has 3 N–H and O–H groups in total. The molecule has 0 aliphatic heterocycles. The Hall–Kier alpha value is -2.04. The van der Waals surface area contributed by atoms with Gasteiger partial charge in [0.1, 0.15) is 5.75 Å². The molecule has 2 amide bonds. The van der Waals surface area contributed by atoms with Gasteiger partial charge < -0.3 is 15.8 Å². The average molecular weight is 250 g/mol. The van der Waals surface area contributed by atoms with Crippen LogP contribution in [0.3, 0.4) is 0 Å². The molecule has 18 heavy (non-hydrogen) atoms.